The van der Waals surface area contributed by atoms with Crippen LogP contribution in [0.25, 0.3) is 0 Å². The first-order chi connectivity index (χ1) is 12.1. The summed E-state index contributed by atoms with van der Waals surface area (Å²) in [6.45, 7) is 5.20. The van der Waals surface area contributed by atoms with Gasteiger partial charge in [-0.2, -0.15) is 0 Å². The van der Waals surface area contributed by atoms with Gasteiger partial charge in [-0.05, 0) is 25.6 Å². The Kier molecular flexibility index (Phi) is 5.78. The summed E-state index contributed by atoms with van der Waals surface area (Å²) in [6, 6.07) is 3.97. The molecule has 1 saturated heterocycles. The number of aryl methyl sites for hydroxylation is 1. The molecule has 1 aliphatic rings. The number of pyridine rings is 1. The van der Waals surface area contributed by atoms with E-state index in [0.717, 1.165) is 30.2 Å². The molecule has 7 heteroatoms. The minimum absolute atomic E-state index is 0.162. The first kappa shape index (κ1) is 17.6. The van der Waals surface area contributed by atoms with Crippen molar-refractivity contribution in [1.29, 1.82) is 0 Å². The standard InChI is InChI=1S/C18H25N5O2/c1-14-10-20-18(21-14)16-13-23(8-9-25-16)17(24)5-7-22(2)12-15-4-3-6-19-11-15/h3-4,6,10-11,16H,5,7-9,12-13H2,1-2H3,(H,20,21). The molecule has 1 aliphatic heterocycles. The van der Waals surface area contributed by atoms with Crippen molar-refractivity contribution >= 4 is 5.91 Å². The van der Waals surface area contributed by atoms with Crippen LogP contribution in [0.4, 0.5) is 0 Å². The number of imidazole rings is 1. The van der Waals surface area contributed by atoms with Gasteiger partial charge in [-0.15, -0.1) is 0 Å². The minimum atomic E-state index is -0.167. The highest BCUT2D eigenvalue weighted by Crippen LogP contribution is 2.20. The van der Waals surface area contributed by atoms with E-state index < -0.39 is 0 Å². The maximum atomic E-state index is 12.5. The number of nitrogens with zero attached hydrogens (tertiary/aromatic N) is 4. The zero-order valence-corrected chi connectivity index (χ0v) is 14.8. The van der Waals surface area contributed by atoms with Gasteiger partial charge in [0.1, 0.15) is 11.9 Å². The van der Waals surface area contributed by atoms with Crippen LogP contribution in [0, 0.1) is 6.92 Å². The molecular formula is C18H25N5O2. The molecule has 0 aromatic carbocycles. The average Bonchev–Trinajstić information content (AvgIpc) is 3.07. The molecule has 2 aromatic heterocycles. The smallest absolute Gasteiger partial charge is 0.224 e. The number of aromatic amines is 1. The molecule has 7 nitrogen and oxygen atoms in total. The highest BCUT2D eigenvalue weighted by Gasteiger charge is 2.27. The average molecular weight is 343 g/mol. The van der Waals surface area contributed by atoms with Gasteiger partial charge in [0.25, 0.3) is 0 Å². The first-order valence-corrected chi connectivity index (χ1v) is 8.60. The summed E-state index contributed by atoms with van der Waals surface area (Å²) in [7, 11) is 2.02. The van der Waals surface area contributed by atoms with Crippen LogP contribution >= 0.6 is 0 Å². The van der Waals surface area contributed by atoms with E-state index in [9.17, 15) is 4.79 Å². The van der Waals surface area contributed by atoms with E-state index >= 15 is 0 Å². The maximum Gasteiger partial charge on any atom is 0.224 e. The normalized spacial score (nSPS) is 17.9. The molecular weight excluding hydrogens is 318 g/mol. The molecule has 0 aliphatic carbocycles. The fraction of sp³-hybridized carbons (Fsp3) is 0.500. The summed E-state index contributed by atoms with van der Waals surface area (Å²) < 4.78 is 5.76. The topological polar surface area (TPSA) is 74.3 Å². The van der Waals surface area contributed by atoms with Crippen molar-refractivity contribution in [2.24, 2.45) is 0 Å². The van der Waals surface area contributed by atoms with Crippen molar-refractivity contribution in [2.45, 2.75) is 26.0 Å². The van der Waals surface area contributed by atoms with Crippen molar-refractivity contribution < 1.29 is 9.53 Å². The largest absolute Gasteiger partial charge is 0.367 e. The van der Waals surface area contributed by atoms with Gasteiger partial charge in [-0.1, -0.05) is 6.07 Å². The SMILES string of the molecule is Cc1cnc(C2CN(C(=O)CCN(C)Cc3cccnc3)CCO2)[nH]1. The summed E-state index contributed by atoms with van der Waals surface area (Å²) in [5.41, 5.74) is 2.15. The molecule has 2 aromatic rings. The van der Waals surface area contributed by atoms with Crippen LogP contribution < -0.4 is 0 Å². The number of morpholine rings is 1. The van der Waals surface area contributed by atoms with E-state index in [-0.39, 0.29) is 12.0 Å². The van der Waals surface area contributed by atoms with Gasteiger partial charge >= 0.3 is 0 Å². The number of carbonyl (C=O) groups excluding carboxylic acids is 1. The van der Waals surface area contributed by atoms with Crippen molar-refractivity contribution in [3.63, 3.8) is 0 Å². The number of nitrogens with one attached hydrogen (secondary N) is 1. The third-order valence-electron chi connectivity index (χ3n) is 4.33. The van der Waals surface area contributed by atoms with E-state index in [1.807, 2.05) is 37.2 Å². The van der Waals surface area contributed by atoms with Gasteiger partial charge in [0.15, 0.2) is 0 Å². The quantitative estimate of drug-likeness (QED) is 0.861. The molecule has 1 amide bonds. The molecule has 0 saturated carbocycles. The monoisotopic (exact) mass is 343 g/mol. The van der Waals surface area contributed by atoms with E-state index in [4.69, 9.17) is 4.74 Å². The zero-order valence-electron chi connectivity index (χ0n) is 14.8. The maximum absolute atomic E-state index is 12.5. The Morgan fingerprint density at radius 3 is 3.08 bits per heavy atom. The Morgan fingerprint density at radius 2 is 2.36 bits per heavy atom. The van der Waals surface area contributed by atoms with Crippen molar-refractivity contribution in [2.75, 3.05) is 33.3 Å². The zero-order chi connectivity index (χ0) is 17.6. The van der Waals surface area contributed by atoms with Crippen LogP contribution in [0.3, 0.4) is 0 Å². The van der Waals surface area contributed by atoms with Crippen LogP contribution in [-0.2, 0) is 16.1 Å². The third-order valence-corrected chi connectivity index (χ3v) is 4.33. The Hall–Kier alpha value is -2.25. The number of rotatable bonds is 6. The summed E-state index contributed by atoms with van der Waals surface area (Å²) in [5.74, 6) is 0.957. The minimum Gasteiger partial charge on any atom is -0.367 e. The van der Waals surface area contributed by atoms with Crippen molar-refractivity contribution in [3.8, 4) is 0 Å². The second kappa shape index (κ2) is 8.22. The second-order valence-corrected chi connectivity index (χ2v) is 6.50. The van der Waals surface area contributed by atoms with Gasteiger partial charge in [-0.3, -0.25) is 9.78 Å². The lowest BCUT2D eigenvalue weighted by molar-refractivity contribution is -0.139. The summed E-state index contributed by atoms with van der Waals surface area (Å²) in [5, 5.41) is 0. The molecule has 3 rings (SSSR count). The van der Waals surface area contributed by atoms with Crippen LogP contribution in [0.1, 0.15) is 29.6 Å². The molecule has 0 bridgehead atoms. The van der Waals surface area contributed by atoms with Crippen molar-refractivity contribution in [3.05, 3.63) is 47.8 Å². The number of hydrogen-bond donors (Lipinski definition) is 1. The summed E-state index contributed by atoms with van der Waals surface area (Å²) >= 11 is 0. The van der Waals surface area contributed by atoms with E-state index in [1.165, 1.54) is 0 Å². The Morgan fingerprint density at radius 1 is 1.48 bits per heavy atom. The molecule has 3 heterocycles. The number of H-pyrrole nitrogens is 1. The van der Waals surface area contributed by atoms with E-state index in [2.05, 4.69) is 19.9 Å². The molecule has 1 fully saturated rings. The van der Waals surface area contributed by atoms with Crippen molar-refractivity contribution in [1.82, 2.24) is 24.8 Å². The lowest BCUT2D eigenvalue weighted by Gasteiger charge is -2.32. The fourth-order valence-electron chi connectivity index (χ4n) is 2.96. The predicted octanol–water partition coefficient (Wildman–Crippen LogP) is 1.54. The second-order valence-electron chi connectivity index (χ2n) is 6.50. The molecule has 134 valence electrons. The van der Waals surface area contributed by atoms with Gasteiger partial charge in [-0.25, -0.2) is 4.98 Å². The molecule has 1 unspecified atom stereocenters. The Labute approximate surface area is 148 Å². The van der Waals surface area contributed by atoms with Crippen LogP contribution in [0.5, 0.6) is 0 Å². The van der Waals surface area contributed by atoms with Gasteiger partial charge < -0.3 is 19.5 Å². The molecule has 1 N–H and O–H groups in total. The van der Waals surface area contributed by atoms with E-state index in [1.54, 1.807) is 12.4 Å². The fourth-order valence-corrected chi connectivity index (χ4v) is 2.96. The summed E-state index contributed by atoms with van der Waals surface area (Å²) in [4.78, 5) is 28.2. The lowest BCUT2D eigenvalue weighted by Crippen LogP contribution is -2.43. The Bertz CT molecular complexity index is 688. The van der Waals surface area contributed by atoms with Crippen LogP contribution in [0.2, 0.25) is 0 Å². The molecule has 0 radical (unpaired) electrons. The van der Waals surface area contributed by atoms with Crippen LogP contribution in [0.15, 0.2) is 30.7 Å². The Balaban J connectivity index is 1.47. The van der Waals surface area contributed by atoms with E-state index in [0.29, 0.717) is 26.1 Å². The highest BCUT2D eigenvalue weighted by molar-refractivity contribution is 5.76. The number of carbonyl (C=O) groups is 1. The first-order valence-electron chi connectivity index (χ1n) is 8.60. The number of amides is 1. The molecule has 1 atom stereocenters. The summed E-state index contributed by atoms with van der Waals surface area (Å²) in [6.07, 6.45) is 5.74. The van der Waals surface area contributed by atoms with Gasteiger partial charge in [0, 0.05) is 50.3 Å². The predicted molar refractivity (Wildman–Crippen MR) is 93.8 cm³/mol. The van der Waals surface area contributed by atoms with Gasteiger partial charge in [0.05, 0.1) is 13.2 Å². The highest BCUT2D eigenvalue weighted by atomic mass is 16.5. The van der Waals surface area contributed by atoms with Gasteiger partial charge in [0.2, 0.25) is 5.91 Å². The third kappa shape index (κ3) is 4.87. The number of ether oxygens (including phenoxy) is 1. The lowest BCUT2D eigenvalue weighted by atomic mass is 10.2. The van der Waals surface area contributed by atoms with Crippen LogP contribution in [-0.4, -0.2) is 63.9 Å². The molecule has 0 spiro atoms. The molecule has 25 heavy (non-hydrogen) atoms. The number of aromatic nitrogens is 3. The number of hydrogen-bond acceptors (Lipinski definition) is 5.